The van der Waals surface area contributed by atoms with E-state index < -0.39 is 5.03 Å². The van der Waals surface area contributed by atoms with E-state index in [1.807, 2.05) is 35.2 Å². The van der Waals surface area contributed by atoms with Gasteiger partial charge < -0.3 is 10.2 Å². The number of benzene rings is 2. The summed E-state index contributed by atoms with van der Waals surface area (Å²) in [5.41, 5.74) is 2.67. The smallest absolute Gasteiger partial charge is 0.272 e. The number of nitro groups is 1. The van der Waals surface area contributed by atoms with Crippen LogP contribution in [0.25, 0.3) is 0 Å². The summed E-state index contributed by atoms with van der Waals surface area (Å²) < 4.78 is 0. The normalized spacial score (nSPS) is 19.5. The average Bonchev–Trinajstić information content (AvgIpc) is 3.08. The first-order valence-electron chi connectivity index (χ1n) is 9.28. The zero-order valence-electron chi connectivity index (χ0n) is 16.0. The van der Waals surface area contributed by atoms with Crippen molar-refractivity contribution in [3.63, 3.8) is 0 Å². The third kappa shape index (κ3) is 4.90. The molecule has 1 aliphatic heterocycles. The molecule has 1 fully saturated rings. The van der Waals surface area contributed by atoms with E-state index in [1.54, 1.807) is 36.5 Å². The van der Waals surface area contributed by atoms with E-state index in [0.717, 1.165) is 16.7 Å². The first kappa shape index (κ1) is 21.4. The van der Waals surface area contributed by atoms with Gasteiger partial charge in [-0.05, 0) is 47.0 Å². The molecule has 0 saturated carbocycles. The van der Waals surface area contributed by atoms with E-state index >= 15 is 0 Å². The van der Waals surface area contributed by atoms with Crippen LogP contribution in [-0.4, -0.2) is 20.9 Å². The van der Waals surface area contributed by atoms with Crippen molar-refractivity contribution < 1.29 is 5.03 Å². The molecule has 1 aromatic heterocycles. The van der Waals surface area contributed by atoms with E-state index in [4.69, 9.17) is 34.8 Å². The third-order valence-electron chi connectivity index (χ3n) is 4.97. The SMILES string of the molecule is O=[N+]([O-])/N=C1\N[C@H](c2ccc(Cl)cc2)[C@@H](c2ccc(Cl)cc2)N1Cc1ccc(Cl)nc1. The van der Waals surface area contributed by atoms with Gasteiger partial charge in [-0.25, -0.2) is 15.1 Å². The number of nitrogens with zero attached hydrogens (tertiary/aromatic N) is 4. The Morgan fingerprint density at radius 1 is 0.968 bits per heavy atom. The number of nitrogens with one attached hydrogen (secondary N) is 1. The van der Waals surface area contributed by atoms with Gasteiger partial charge in [0.15, 0.2) is 5.03 Å². The number of rotatable bonds is 5. The van der Waals surface area contributed by atoms with Gasteiger partial charge in [-0.2, -0.15) is 0 Å². The fourth-order valence-corrected chi connectivity index (χ4v) is 3.98. The number of pyridine rings is 1. The Labute approximate surface area is 193 Å². The lowest BCUT2D eigenvalue weighted by molar-refractivity contribution is -0.485. The van der Waals surface area contributed by atoms with Crippen molar-refractivity contribution in [3.8, 4) is 0 Å². The second-order valence-electron chi connectivity index (χ2n) is 6.95. The van der Waals surface area contributed by atoms with Gasteiger partial charge >= 0.3 is 0 Å². The van der Waals surface area contributed by atoms with Crippen LogP contribution in [0.3, 0.4) is 0 Å². The van der Waals surface area contributed by atoms with Crippen LogP contribution in [0, 0.1) is 10.1 Å². The Kier molecular flexibility index (Phi) is 6.27. The monoisotopic (exact) mass is 475 g/mol. The van der Waals surface area contributed by atoms with E-state index in [1.165, 1.54) is 0 Å². The summed E-state index contributed by atoms with van der Waals surface area (Å²) in [6, 6.07) is 17.6. The van der Waals surface area contributed by atoms with Gasteiger partial charge in [0.05, 0.1) is 12.1 Å². The molecule has 0 bridgehead atoms. The van der Waals surface area contributed by atoms with Crippen molar-refractivity contribution in [2.45, 2.75) is 18.6 Å². The summed E-state index contributed by atoms with van der Waals surface area (Å²) in [4.78, 5) is 17.2. The number of hydrogen-bond acceptors (Lipinski definition) is 3. The van der Waals surface area contributed by atoms with Crippen molar-refractivity contribution in [2.75, 3.05) is 0 Å². The molecule has 1 aliphatic rings. The van der Waals surface area contributed by atoms with Gasteiger partial charge in [0.25, 0.3) is 5.96 Å². The maximum Gasteiger partial charge on any atom is 0.272 e. The Balaban J connectivity index is 1.81. The molecule has 0 radical (unpaired) electrons. The lowest BCUT2D eigenvalue weighted by atomic mass is 9.94. The van der Waals surface area contributed by atoms with Crippen molar-refractivity contribution >= 4 is 40.8 Å². The Morgan fingerprint density at radius 2 is 1.58 bits per heavy atom. The van der Waals surface area contributed by atoms with E-state index in [9.17, 15) is 10.1 Å². The van der Waals surface area contributed by atoms with Crippen LogP contribution >= 0.6 is 34.8 Å². The Hall–Kier alpha value is -2.87. The van der Waals surface area contributed by atoms with Crippen molar-refractivity contribution in [3.05, 3.63) is 109 Å². The van der Waals surface area contributed by atoms with Crippen LogP contribution in [0.4, 0.5) is 0 Å². The van der Waals surface area contributed by atoms with Crippen molar-refractivity contribution in [2.24, 2.45) is 5.10 Å². The fraction of sp³-hybridized carbons (Fsp3) is 0.143. The van der Waals surface area contributed by atoms with Gasteiger partial charge in [-0.1, -0.05) is 65.1 Å². The van der Waals surface area contributed by atoms with Crippen LogP contribution in [0.15, 0.2) is 72.0 Å². The highest BCUT2D eigenvalue weighted by Gasteiger charge is 2.41. The number of aromatic nitrogens is 1. The summed E-state index contributed by atoms with van der Waals surface area (Å²) >= 11 is 18.1. The molecule has 0 spiro atoms. The number of hydrogen-bond donors (Lipinski definition) is 1. The Bertz CT molecular complexity index is 1110. The number of guanidine groups is 1. The van der Waals surface area contributed by atoms with Gasteiger partial charge in [0.1, 0.15) is 10.3 Å². The molecule has 10 heteroatoms. The topological polar surface area (TPSA) is 83.7 Å². The number of hydrazone groups is 1. The van der Waals surface area contributed by atoms with Crippen molar-refractivity contribution in [1.82, 2.24) is 15.2 Å². The molecule has 3 aromatic rings. The maximum absolute atomic E-state index is 11.3. The second-order valence-corrected chi connectivity index (χ2v) is 8.21. The minimum atomic E-state index is -0.710. The molecule has 1 N–H and O–H groups in total. The van der Waals surface area contributed by atoms with Crippen molar-refractivity contribution in [1.29, 1.82) is 0 Å². The molecule has 31 heavy (non-hydrogen) atoms. The summed E-state index contributed by atoms with van der Waals surface area (Å²) in [6.07, 6.45) is 1.64. The predicted molar refractivity (Wildman–Crippen MR) is 121 cm³/mol. The lowest BCUT2D eigenvalue weighted by Gasteiger charge is -2.28. The molecule has 0 unspecified atom stereocenters. The molecule has 2 aromatic carbocycles. The highest BCUT2D eigenvalue weighted by molar-refractivity contribution is 6.30. The first-order valence-corrected chi connectivity index (χ1v) is 10.4. The fourth-order valence-electron chi connectivity index (χ4n) is 3.61. The minimum absolute atomic E-state index is 0.153. The quantitative estimate of drug-likeness (QED) is 0.299. The summed E-state index contributed by atoms with van der Waals surface area (Å²) in [5, 5.41) is 19.0. The van der Waals surface area contributed by atoms with Gasteiger partial charge in [0, 0.05) is 22.8 Å². The standard InChI is InChI=1S/C21H16Cl3N5O2/c22-16-6-2-14(3-7-16)19-20(15-4-8-17(23)9-5-15)28(21(26-19)27-29(30)31)12-13-1-10-18(24)25-11-13/h1-11,19-20H,12H2,(H,26,27)/t19-,20-/m1/s1. The van der Waals surface area contributed by atoms with E-state index in [2.05, 4.69) is 15.4 Å². The molecule has 7 nitrogen and oxygen atoms in total. The molecule has 1 saturated heterocycles. The highest BCUT2D eigenvalue weighted by atomic mass is 35.5. The van der Waals surface area contributed by atoms with Crippen LogP contribution in [0.2, 0.25) is 15.2 Å². The van der Waals surface area contributed by atoms with Gasteiger partial charge in [-0.3, -0.25) is 0 Å². The van der Waals surface area contributed by atoms with Crippen LogP contribution in [-0.2, 0) is 6.54 Å². The van der Waals surface area contributed by atoms with E-state index in [0.29, 0.717) is 21.7 Å². The minimum Gasteiger partial charge on any atom is -0.342 e. The lowest BCUT2D eigenvalue weighted by Crippen LogP contribution is -2.32. The third-order valence-corrected chi connectivity index (χ3v) is 5.69. The molecule has 4 rings (SSSR count). The zero-order chi connectivity index (χ0) is 22.0. The molecule has 158 valence electrons. The molecule has 0 aliphatic carbocycles. The molecule has 2 atom stereocenters. The summed E-state index contributed by atoms with van der Waals surface area (Å²) in [6.45, 7) is 0.335. The van der Waals surface area contributed by atoms with Gasteiger partial charge in [0.2, 0.25) is 0 Å². The molecular weight excluding hydrogens is 461 g/mol. The van der Waals surface area contributed by atoms with Gasteiger partial charge in [-0.15, -0.1) is 0 Å². The largest absolute Gasteiger partial charge is 0.342 e. The zero-order valence-corrected chi connectivity index (χ0v) is 18.2. The second kappa shape index (κ2) is 9.09. The predicted octanol–water partition coefficient (Wildman–Crippen LogP) is 5.48. The van der Waals surface area contributed by atoms with Crippen LogP contribution in [0.1, 0.15) is 28.8 Å². The molecule has 2 heterocycles. The first-order chi connectivity index (χ1) is 14.9. The molecule has 0 amide bonds. The summed E-state index contributed by atoms with van der Waals surface area (Å²) in [7, 11) is 0. The highest BCUT2D eigenvalue weighted by Crippen LogP contribution is 2.40. The summed E-state index contributed by atoms with van der Waals surface area (Å²) in [5.74, 6) is 0.153. The average molecular weight is 477 g/mol. The van der Waals surface area contributed by atoms with Crippen LogP contribution < -0.4 is 5.32 Å². The number of halogens is 3. The van der Waals surface area contributed by atoms with Crippen LogP contribution in [0.5, 0.6) is 0 Å². The maximum atomic E-state index is 11.3. The molecular formula is C21H16Cl3N5O2. The Morgan fingerprint density at radius 3 is 2.13 bits per heavy atom. The van der Waals surface area contributed by atoms with E-state index in [-0.39, 0.29) is 18.0 Å².